The third kappa shape index (κ3) is 3.30. The normalized spacial score (nSPS) is 11.9. The van der Waals surface area contributed by atoms with Crippen LogP contribution in [-0.2, 0) is 6.42 Å². The Bertz CT molecular complexity index is 345. The molecule has 0 aliphatic heterocycles. The van der Waals surface area contributed by atoms with Gasteiger partial charge in [-0.25, -0.2) is 0 Å². The molecule has 0 saturated carbocycles. The molecule has 1 unspecified atom stereocenters. The summed E-state index contributed by atoms with van der Waals surface area (Å²) >= 11 is 0. The summed E-state index contributed by atoms with van der Waals surface area (Å²) in [7, 11) is 1.66. The molecular formula is C14H20O2. The Labute approximate surface area is 97.9 Å². The zero-order valence-electron chi connectivity index (χ0n) is 10.3. The van der Waals surface area contributed by atoms with E-state index >= 15 is 0 Å². The first kappa shape index (κ1) is 12.6. The van der Waals surface area contributed by atoms with Gasteiger partial charge in [0.15, 0.2) is 11.5 Å². The summed E-state index contributed by atoms with van der Waals surface area (Å²) in [5.41, 5.74) is 1.18. The van der Waals surface area contributed by atoms with E-state index in [0.717, 1.165) is 24.3 Å². The van der Waals surface area contributed by atoms with E-state index in [-0.39, 0.29) is 6.10 Å². The molecule has 1 aromatic carbocycles. The molecule has 1 rings (SSSR count). The molecule has 0 amide bonds. The van der Waals surface area contributed by atoms with Crippen molar-refractivity contribution in [2.24, 2.45) is 0 Å². The predicted octanol–water partition coefficient (Wildman–Crippen LogP) is 3.60. The van der Waals surface area contributed by atoms with Crippen LogP contribution in [0.2, 0.25) is 0 Å². The van der Waals surface area contributed by atoms with Crippen LogP contribution in [0, 0.1) is 0 Å². The minimum Gasteiger partial charge on any atom is -0.493 e. The van der Waals surface area contributed by atoms with Crippen LogP contribution in [0.5, 0.6) is 11.5 Å². The predicted molar refractivity (Wildman–Crippen MR) is 67.3 cm³/mol. The van der Waals surface area contributed by atoms with Crippen molar-refractivity contribution in [1.82, 2.24) is 0 Å². The molecule has 0 aromatic heterocycles. The van der Waals surface area contributed by atoms with Gasteiger partial charge in [0.25, 0.3) is 0 Å². The third-order valence-electron chi connectivity index (χ3n) is 2.51. The molecular weight excluding hydrogens is 200 g/mol. The van der Waals surface area contributed by atoms with Crippen LogP contribution in [-0.4, -0.2) is 13.2 Å². The minimum absolute atomic E-state index is 0.208. The van der Waals surface area contributed by atoms with E-state index in [2.05, 4.69) is 20.4 Å². The van der Waals surface area contributed by atoms with Crippen LogP contribution >= 0.6 is 0 Å². The number of rotatable bonds is 6. The Morgan fingerprint density at radius 1 is 1.38 bits per heavy atom. The lowest BCUT2D eigenvalue weighted by molar-refractivity contribution is 0.207. The maximum absolute atomic E-state index is 5.77. The van der Waals surface area contributed by atoms with Gasteiger partial charge >= 0.3 is 0 Å². The standard InChI is InChI=1S/C14H20O2/c1-5-7-12-8-9-13(14(10-12)15-4)16-11(3)6-2/h5,8-11H,1,6-7H2,2-4H3. The molecule has 1 aromatic rings. The second-order valence-electron chi connectivity index (χ2n) is 3.81. The Morgan fingerprint density at radius 3 is 2.69 bits per heavy atom. The van der Waals surface area contributed by atoms with Gasteiger partial charge in [-0.1, -0.05) is 19.1 Å². The lowest BCUT2D eigenvalue weighted by Gasteiger charge is -2.16. The summed E-state index contributed by atoms with van der Waals surface area (Å²) in [5.74, 6) is 1.60. The highest BCUT2D eigenvalue weighted by Crippen LogP contribution is 2.29. The van der Waals surface area contributed by atoms with Crippen LogP contribution < -0.4 is 9.47 Å². The van der Waals surface area contributed by atoms with Crippen LogP contribution in [0.15, 0.2) is 30.9 Å². The highest BCUT2D eigenvalue weighted by Gasteiger charge is 2.08. The smallest absolute Gasteiger partial charge is 0.161 e. The second-order valence-corrected chi connectivity index (χ2v) is 3.81. The van der Waals surface area contributed by atoms with Gasteiger partial charge in [-0.15, -0.1) is 6.58 Å². The monoisotopic (exact) mass is 220 g/mol. The van der Waals surface area contributed by atoms with Crippen LogP contribution in [0.25, 0.3) is 0 Å². The molecule has 16 heavy (non-hydrogen) atoms. The van der Waals surface area contributed by atoms with Gasteiger partial charge in [-0.05, 0) is 37.5 Å². The molecule has 0 aliphatic carbocycles. The second kappa shape index (κ2) is 6.21. The molecule has 0 spiro atoms. The van der Waals surface area contributed by atoms with Gasteiger partial charge in [0.2, 0.25) is 0 Å². The number of benzene rings is 1. The quantitative estimate of drug-likeness (QED) is 0.682. The maximum Gasteiger partial charge on any atom is 0.161 e. The molecule has 2 heteroatoms. The summed E-state index contributed by atoms with van der Waals surface area (Å²) < 4.78 is 11.1. The summed E-state index contributed by atoms with van der Waals surface area (Å²) in [5, 5.41) is 0. The Hall–Kier alpha value is -1.44. The van der Waals surface area contributed by atoms with Gasteiger partial charge in [0.1, 0.15) is 0 Å². The van der Waals surface area contributed by atoms with E-state index in [1.807, 2.05) is 24.3 Å². The van der Waals surface area contributed by atoms with Gasteiger partial charge in [-0.3, -0.25) is 0 Å². The summed E-state index contributed by atoms with van der Waals surface area (Å²) in [6, 6.07) is 6.01. The highest BCUT2D eigenvalue weighted by atomic mass is 16.5. The summed E-state index contributed by atoms with van der Waals surface area (Å²) in [6.07, 6.45) is 3.92. The van der Waals surface area contributed by atoms with Crippen molar-refractivity contribution in [3.05, 3.63) is 36.4 Å². The largest absolute Gasteiger partial charge is 0.493 e. The number of hydrogen-bond donors (Lipinski definition) is 0. The van der Waals surface area contributed by atoms with Crippen molar-refractivity contribution in [3.8, 4) is 11.5 Å². The molecule has 0 N–H and O–H groups in total. The lowest BCUT2D eigenvalue weighted by Crippen LogP contribution is -2.10. The van der Waals surface area contributed by atoms with Crippen LogP contribution in [0.3, 0.4) is 0 Å². The van der Waals surface area contributed by atoms with Crippen molar-refractivity contribution in [1.29, 1.82) is 0 Å². The molecule has 1 atom stereocenters. The number of ether oxygens (including phenoxy) is 2. The number of allylic oxidation sites excluding steroid dienone is 1. The number of hydrogen-bond acceptors (Lipinski definition) is 2. The molecule has 0 radical (unpaired) electrons. The highest BCUT2D eigenvalue weighted by molar-refractivity contribution is 5.43. The zero-order valence-corrected chi connectivity index (χ0v) is 10.3. The molecule has 0 bridgehead atoms. The fourth-order valence-electron chi connectivity index (χ4n) is 1.40. The molecule has 0 aliphatic rings. The first-order chi connectivity index (χ1) is 7.71. The number of methoxy groups -OCH3 is 1. The van der Waals surface area contributed by atoms with E-state index in [4.69, 9.17) is 9.47 Å². The van der Waals surface area contributed by atoms with Crippen molar-refractivity contribution >= 4 is 0 Å². The Balaban J connectivity index is 2.88. The third-order valence-corrected chi connectivity index (χ3v) is 2.51. The Morgan fingerprint density at radius 2 is 2.12 bits per heavy atom. The van der Waals surface area contributed by atoms with Gasteiger partial charge in [0, 0.05) is 0 Å². The first-order valence-electron chi connectivity index (χ1n) is 5.65. The summed E-state index contributed by atoms with van der Waals surface area (Å²) in [6.45, 7) is 7.88. The van der Waals surface area contributed by atoms with Crippen molar-refractivity contribution in [2.75, 3.05) is 7.11 Å². The van der Waals surface area contributed by atoms with E-state index in [1.165, 1.54) is 5.56 Å². The first-order valence-corrected chi connectivity index (χ1v) is 5.65. The fourth-order valence-corrected chi connectivity index (χ4v) is 1.40. The molecule has 2 nitrogen and oxygen atoms in total. The van der Waals surface area contributed by atoms with Crippen LogP contribution in [0.4, 0.5) is 0 Å². The maximum atomic E-state index is 5.77. The molecule has 88 valence electrons. The SMILES string of the molecule is C=CCc1ccc(OC(C)CC)c(OC)c1. The fraction of sp³-hybridized carbons (Fsp3) is 0.429. The molecule has 0 saturated heterocycles. The summed E-state index contributed by atoms with van der Waals surface area (Å²) in [4.78, 5) is 0. The van der Waals surface area contributed by atoms with Crippen molar-refractivity contribution in [3.63, 3.8) is 0 Å². The van der Waals surface area contributed by atoms with Crippen LogP contribution in [0.1, 0.15) is 25.8 Å². The average Bonchev–Trinajstić information content (AvgIpc) is 2.31. The van der Waals surface area contributed by atoms with Crippen molar-refractivity contribution < 1.29 is 9.47 Å². The Kier molecular flexibility index (Phi) is 4.90. The van der Waals surface area contributed by atoms with Gasteiger partial charge in [0.05, 0.1) is 13.2 Å². The molecule has 0 heterocycles. The van der Waals surface area contributed by atoms with E-state index in [9.17, 15) is 0 Å². The topological polar surface area (TPSA) is 18.5 Å². The lowest BCUT2D eigenvalue weighted by atomic mass is 10.1. The van der Waals surface area contributed by atoms with E-state index in [1.54, 1.807) is 7.11 Å². The van der Waals surface area contributed by atoms with E-state index in [0.29, 0.717) is 0 Å². The van der Waals surface area contributed by atoms with E-state index < -0.39 is 0 Å². The van der Waals surface area contributed by atoms with Gasteiger partial charge in [-0.2, -0.15) is 0 Å². The molecule has 0 fully saturated rings. The average molecular weight is 220 g/mol. The zero-order chi connectivity index (χ0) is 12.0. The van der Waals surface area contributed by atoms with Gasteiger partial charge < -0.3 is 9.47 Å². The minimum atomic E-state index is 0.208. The van der Waals surface area contributed by atoms with Crippen molar-refractivity contribution in [2.45, 2.75) is 32.8 Å².